The van der Waals surface area contributed by atoms with Crippen molar-refractivity contribution in [2.75, 3.05) is 6.61 Å². The molecule has 0 aliphatic heterocycles. The Bertz CT molecular complexity index is 1220. The van der Waals surface area contributed by atoms with E-state index >= 15 is 0 Å². The zero-order valence-electron chi connectivity index (χ0n) is 15.4. The highest BCUT2D eigenvalue weighted by molar-refractivity contribution is 9.10. The molecule has 1 N–H and O–H groups in total. The highest BCUT2D eigenvalue weighted by Crippen LogP contribution is 2.34. The molecule has 0 fully saturated rings. The highest BCUT2D eigenvalue weighted by atomic mass is 79.9. The molecule has 0 atom stereocenters. The van der Waals surface area contributed by atoms with E-state index in [9.17, 15) is 9.50 Å². The molecular formula is C22H16BrFN2O3. The number of aromatic nitrogens is 1. The molecule has 1 heterocycles. The number of hydrogen-bond donors (Lipinski definition) is 1. The van der Waals surface area contributed by atoms with E-state index in [1.54, 1.807) is 54.7 Å². The Morgan fingerprint density at radius 1 is 1.21 bits per heavy atom. The molecule has 0 radical (unpaired) electrons. The quantitative estimate of drug-likeness (QED) is 0.361. The summed E-state index contributed by atoms with van der Waals surface area (Å²) in [6.07, 6.45) is 1.54. The largest absolute Gasteiger partial charge is 0.504 e. The first-order valence-corrected chi connectivity index (χ1v) is 9.69. The Balaban J connectivity index is 1.66. The van der Waals surface area contributed by atoms with Crippen LogP contribution in [0.1, 0.15) is 12.5 Å². The van der Waals surface area contributed by atoms with Gasteiger partial charge in [0.25, 0.3) is 0 Å². The van der Waals surface area contributed by atoms with E-state index in [4.69, 9.17) is 9.15 Å². The number of fused-ring (bicyclic) bond motifs is 1. The van der Waals surface area contributed by atoms with Gasteiger partial charge in [0.2, 0.25) is 5.89 Å². The fourth-order valence-electron chi connectivity index (χ4n) is 2.85. The van der Waals surface area contributed by atoms with Crippen molar-refractivity contribution >= 4 is 38.9 Å². The van der Waals surface area contributed by atoms with Crippen molar-refractivity contribution in [3.63, 3.8) is 0 Å². The molecule has 1 aromatic heterocycles. The van der Waals surface area contributed by atoms with Crippen LogP contribution in [0.5, 0.6) is 11.5 Å². The van der Waals surface area contributed by atoms with Crippen molar-refractivity contribution in [3.05, 3.63) is 70.5 Å². The first kappa shape index (κ1) is 19.1. The molecule has 5 nitrogen and oxygen atoms in total. The van der Waals surface area contributed by atoms with Gasteiger partial charge in [0.15, 0.2) is 17.1 Å². The summed E-state index contributed by atoms with van der Waals surface area (Å²) in [4.78, 5) is 8.78. The van der Waals surface area contributed by atoms with Crippen LogP contribution in [0.2, 0.25) is 0 Å². The molecule has 4 rings (SSSR count). The number of aliphatic imine (C=N–C) groups is 1. The van der Waals surface area contributed by atoms with Gasteiger partial charge < -0.3 is 14.3 Å². The number of ether oxygens (including phenoxy) is 1. The van der Waals surface area contributed by atoms with Gasteiger partial charge in [0, 0.05) is 16.3 Å². The smallest absolute Gasteiger partial charge is 0.230 e. The second kappa shape index (κ2) is 8.05. The Labute approximate surface area is 174 Å². The van der Waals surface area contributed by atoms with Gasteiger partial charge >= 0.3 is 0 Å². The van der Waals surface area contributed by atoms with Crippen LogP contribution in [0, 0.1) is 5.82 Å². The van der Waals surface area contributed by atoms with E-state index in [-0.39, 0.29) is 11.6 Å². The van der Waals surface area contributed by atoms with Crippen molar-refractivity contribution in [1.82, 2.24) is 4.98 Å². The van der Waals surface area contributed by atoms with Crippen LogP contribution in [0.3, 0.4) is 0 Å². The summed E-state index contributed by atoms with van der Waals surface area (Å²) in [6.45, 7) is 2.28. The lowest BCUT2D eigenvalue weighted by Gasteiger charge is -2.08. The van der Waals surface area contributed by atoms with Crippen molar-refractivity contribution < 1.29 is 18.7 Å². The second-order valence-corrected chi connectivity index (χ2v) is 7.10. The summed E-state index contributed by atoms with van der Waals surface area (Å²) >= 11 is 3.40. The van der Waals surface area contributed by atoms with E-state index in [1.807, 2.05) is 6.92 Å². The van der Waals surface area contributed by atoms with Crippen LogP contribution in [-0.2, 0) is 0 Å². The van der Waals surface area contributed by atoms with Crippen molar-refractivity contribution in [2.24, 2.45) is 4.99 Å². The van der Waals surface area contributed by atoms with Crippen LogP contribution in [0.25, 0.3) is 22.6 Å². The third kappa shape index (κ3) is 4.00. The van der Waals surface area contributed by atoms with Gasteiger partial charge in [-0.3, -0.25) is 4.99 Å². The van der Waals surface area contributed by atoms with Gasteiger partial charge in [-0.2, -0.15) is 0 Å². The fourth-order valence-corrected chi connectivity index (χ4v) is 3.30. The maximum atomic E-state index is 14.0. The predicted octanol–water partition coefficient (Wildman–Crippen LogP) is 6.25. The van der Waals surface area contributed by atoms with E-state index in [1.165, 1.54) is 6.07 Å². The molecule has 0 saturated heterocycles. The van der Waals surface area contributed by atoms with Crippen LogP contribution < -0.4 is 4.74 Å². The van der Waals surface area contributed by atoms with Crippen molar-refractivity contribution in [1.29, 1.82) is 0 Å². The molecule has 0 amide bonds. The van der Waals surface area contributed by atoms with Gasteiger partial charge in [0.05, 0.1) is 17.9 Å². The van der Waals surface area contributed by atoms with Crippen molar-refractivity contribution in [3.8, 4) is 23.0 Å². The number of aromatic hydroxyl groups is 1. The minimum atomic E-state index is -0.396. The SMILES string of the molecule is CCOc1cc(Br)cc(C=Nc2ccc3oc(-c4ccccc4F)nc3c2)c1O. The monoisotopic (exact) mass is 454 g/mol. The average Bonchev–Trinajstić information content (AvgIpc) is 3.13. The Morgan fingerprint density at radius 3 is 2.83 bits per heavy atom. The standard InChI is InChI=1S/C22H16BrFN2O3/c1-2-28-20-10-14(23)9-13(21(20)27)12-25-15-7-8-19-18(11-15)26-22(29-19)16-5-3-4-6-17(16)24/h3-12,27H,2H2,1H3. The average molecular weight is 455 g/mol. The van der Waals surface area contributed by atoms with Crippen LogP contribution in [0.15, 0.2) is 68.5 Å². The molecule has 0 aliphatic carbocycles. The molecule has 0 unspecified atom stereocenters. The lowest BCUT2D eigenvalue weighted by Crippen LogP contribution is -1.94. The number of phenols is 1. The third-order valence-corrected chi connectivity index (χ3v) is 4.66. The van der Waals surface area contributed by atoms with E-state index in [2.05, 4.69) is 25.9 Å². The summed E-state index contributed by atoms with van der Waals surface area (Å²) in [6, 6.07) is 15.0. The first-order valence-electron chi connectivity index (χ1n) is 8.90. The molecule has 4 aromatic rings. The fraction of sp³-hybridized carbons (Fsp3) is 0.0909. The molecular weight excluding hydrogens is 439 g/mol. The molecule has 7 heteroatoms. The van der Waals surface area contributed by atoms with Crippen LogP contribution in [-0.4, -0.2) is 22.9 Å². The van der Waals surface area contributed by atoms with Gasteiger partial charge in [0.1, 0.15) is 11.3 Å². The summed E-state index contributed by atoms with van der Waals surface area (Å²) < 4.78 is 25.8. The second-order valence-electron chi connectivity index (χ2n) is 6.18. The Morgan fingerprint density at radius 2 is 2.03 bits per heavy atom. The number of halogens is 2. The molecule has 3 aromatic carbocycles. The minimum Gasteiger partial charge on any atom is -0.504 e. The molecule has 0 bridgehead atoms. The van der Waals surface area contributed by atoms with E-state index in [0.717, 1.165) is 4.47 Å². The first-order chi connectivity index (χ1) is 14.0. The zero-order valence-corrected chi connectivity index (χ0v) is 17.0. The molecule has 0 saturated carbocycles. The Hall–Kier alpha value is -3.19. The third-order valence-electron chi connectivity index (χ3n) is 4.20. The normalized spacial score (nSPS) is 11.4. The number of phenolic OH excluding ortho intramolecular Hbond substituents is 1. The Kier molecular flexibility index (Phi) is 5.31. The van der Waals surface area contributed by atoms with E-state index in [0.29, 0.717) is 40.3 Å². The number of nitrogens with zero attached hydrogens (tertiary/aromatic N) is 2. The highest BCUT2D eigenvalue weighted by Gasteiger charge is 2.13. The predicted molar refractivity (Wildman–Crippen MR) is 114 cm³/mol. The zero-order chi connectivity index (χ0) is 20.4. The molecule has 0 aliphatic rings. The summed E-state index contributed by atoms with van der Waals surface area (Å²) in [5.41, 5.74) is 2.52. The maximum absolute atomic E-state index is 14.0. The molecule has 29 heavy (non-hydrogen) atoms. The summed E-state index contributed by atoms with van der Waals surface area (Å²) in [5, 5.41) is 10.3. The molecule has 146 valence electrons. The van der Waals surface area contributed by atoms with Gasteiger partial charge in [-0.15, -0.1) is 0 Å². The maximum Gasteiger partial charge on any atom is 0.230 e. The van der Waals surface area contributed by atoms with Gasteiger partial charge in [-0.05, 0) is 49.4 Å². The van der Waals surface area contributed by atoms with E-state index < -0.39 is 5.82 Å². The van der Waals surface area contributed by atoms with Crippen LogP contribution >= 0.6 is 15.9 Å². The lowest BCUT2D eigenvalue weighted by molar-refractivity contribution is 0.317. The number of rotatable bonds is 5. The number of benzene rings is 3. The van der Waals surface area contributed by atoms with Gasteiger partial charge in [-0.25, -0.2) is 9.37 Å². The lowest BCUT2D eigenvalue weighted by atomic mass is 10.2. The number of oxazole rings is 1. The topological polar surface area (TPSA) is 67.9 Å². The van der Waals surface area contributed by atoms with Crippen LogP contribution in [0.4, 0.5) is 10.1 Å². The van der Waals surface area contributed by atoms with Gasteiger partial charge in [-0.1, -0.05) is 28.1 Å². The summed E-state index contributed by atoms with van der Waals surface area (Å²) in [5.74, 6) is 0.214. The summed E-state index contributed by atoms with van der Waals surface area (Å²) in [7, 11) is 0. The number of hydrogen-bond acceptors (Lipinski definition) is 5. The molecule has 0 spiro atoms. The van der Waals surface area contributed by atoms with Crippen molar-refractivity contribution in [2.45, 2.75) is 6.92 Å². The minimum absolute atomic E-state index is 0.0168.